The van der Waals surface area contributed by atoms with Gasteiger partial charge in [-0.25, -0.2) is 0 Å². The zero-order chi connectivity index (χ0) is 14.9. The van der Waals surface area contributed by atoms with E-state index in [2.05, 4.69) is 38.4 Å². The molecule has 3 heterocycles. The fourth-order valence-electron chi connectivity index (χ4n) is 2.63. The average molecular weight is 286 g/mol. The van der Waals surface area contributed by atoms with Crippen molar-refractivity contribution in [2.75, 3.05) is 0 Å². The SMILES string of the molecule is Cc1cccc(-c2ncccc2-c2ccc3[nH]ncc3c2)n1. The molecule has 106 valence electrons. The Hall–Kier alpha value is -3.01. The Kier molecular flexibility index (Phi) is 2.93. The number of pyridine rings is 2. The summed E-state index contributed by atoms with van der Waals surface area (Å²) in [5.74, 6) is 0. The minimum atomic E-state index is 0.892. The zero-order valence-corrected chi connectivity index (χ0v) is 12.1. The fraction of sp³-hybridized carbons (Fsp3) is 0.0556. The van der Waals surface area contributed by atoms with E-state index in [4.69, 9.17) is 0 Å². The van der Waals surface area contributed by atoms with Crippen molar-refractivity contribution in [2.45, 2.75) is 6.92 Å². The van der Waals surface area contributed by atoms with E-state index in [1.165, 1.54) is 0 Å². The van der Waals surface area contributed by atoms with E-state index in [-0.39, 0.29) is 0 Å². The van der Waals surface area contributed by atoms with Gasteiger partial charge in [-0.05, 0) is 42.8 Å². The molecule has 0 aliphatic rings. The van der Waals surface area contributed by atoms with E-state index >= 15 is 0 Å². The van der Waals surface area contributed by atoms with E-state index in [0.29, 0.717) is 0 Å². The molecule has 0 radical (unpaired) electrons. The number of rotatable bonds is 2. The van der Waals surface area contributed by atoms with Crippen molar-refractivity contribution in [3.8, 4) is 22.5 Å². The van der Waals surface area contributed by atoms with E-state index in [9.17, 15) is 0 Å². The van der Waals surface area contributed by atoms with E-state index < -0.39 is 0 Å². The van der Waals surface area contributed by atoms with Crippen LogP contribution in [0, 0.1) is 6.92 Å². The van der Waals surface area contributed by atoms with Gasteiger partial charge in [0.15, 0.2) is 0 Å². The predicted molar refractivity (Wildman–Crippen MR) is 87.3 cm³/mol. The molecule has 0 aliphatic carbocycles. The van der Waals surface area contributed by atoms with Crippen LogP contribution < -0.4 is 0 Å². The van der Waals surface area contributed by atoms with Crippen LogP contribution in [0.25, 0.3) is 33.4 Å². The molecular weight excluding hydrogens is 272 g/mol. The van der Waals surface area contributed by atoms with Gasteiger partial charge in [-0.2, -0.15) is 5.10 Å². The number of hydrogen-bond donors (Lipinski definition) is 1. The van der Waals surface area contributed by atoms with Crippen molar-refractivity contribution in [3.05, 3.63) is 66.6 Å². The Morgan fingerprint density at radius 2 is 1.95 bits per heavy atom. The number of aromatic nitrogens is 4. The summed E-state index contributed by atoms with van der Waals surface area (Å²) >= 11 is 0. The van der Waals surface area contributed by atoms with Crippen molar-refractivity contribution in [1.82, 2.24) is 20.2 Å². The van der Waals surface area contributed by atoms with Crippen LogP contribution in [0.4, 0.5) is 0 Å². The van der Waals surface area contributed by atoms with Gasteiger partial charge < -0.3 is 0 Å². The topological polar surface area (TPSA) is 54.5 Å². The lowest BCUT2D eigenvalue weighted by Crippen LogP contribution is -1.92. The van der Waals surface area contributed by atoms with Crippen molar-refractivity contribution in [1.29, 1.82) is 0 Å². The van der Waals surface area contributed by atoms with Gasteiger partial charge in [-0.3, -0.25) is 15.1 Å². The molecule has 0 bridgehead atoms. The molecule has 4 aromatic rings. The highest BCUT2D eigenvalue weighted by Gasteiger charge is 2.10. The van der Waals surface area contributed by atoms with Crippen LogP contribution in [0.1, 0.15) is 5.69 Å². The van der Waals surface area contributed by atoms with E-state index in [1.807, 2.05) is 43.5 Å². The van der Waals surface area contributed by atoms with Crippen molar-refractivity contribution in [3.63, 3.8) is 0 Å². The quantitative estimate of drug-likeness (QED) is 0.606. The molecular formula is C18H14N4. The van der Waals surface area contributed by atoms with Crippen LogP contribution in [-0.2, 0) is 0 Å². The average Bonchev–Trinajstić information content (AvgIpc) is 3.02. The van der Waals surface area contributed by atoms with Gasteiger partial charge in [0.1, 0.15) is 0 Å². The maximum absolute atomic E-state index is 4.60. The van der Waals surface area contributed by atoms with Gasteiger partial charge in [-0.15, -0.1) is 0 Å². The Labute approximate surface area is 127 Å². The third kappa shape index (κ3) is 2.15. The minimum absolute atomic E-state index is 0.892. The van der Waals surface area contributed by atoms with Crippen LogP contribution >= 0.6 is 0 Å². The standard InChI is InChI=1S/C18H14N4/c1-12-4-2-6-17(21-12)18-15(5-3-9-19-18)13-7-8-16-14(10-13)11-20-22-16/h2-11H,1H3,(H,20,22). The van der Waals surface area contributed by atoms with Crippen LogP contribution in [0.5, 0.6) is 0 Å². The first-order valence-electron chi connectivity index (χ1n) is 7.14. The Balaban J connectivity index is 1.92. The van der Waals surface area contributed by atoms with Gasteiger partial charge in [0.2, 0.25) is 0 Å². The molecule has 0 saturated carbocycles. The third-order valence-corrected chi connectivity index (χ3v) is 3.69. The summed E-state index contributed by atoms with van der Waals surface area (Å²) in [6.07, 6.45) is 3.64. The summed E-state index contributed by atoms with van der Waals surface area (Å²) in [5, 5.41) is 8.14. The number of hydrogen-bond acceptors (Lipinski definition) is 3. The first-order valence-corrected chi connectivity index (χ1v) is 7.14. The van der Waals surface area contributed by atoms with Crippen molar-refractivity contribution >= 4 is 10.9 Å². The van der Waals surface area contributed by atoms with Crippen molar-refractivity contribution in [2.24, 2.45) is 0 Å². The molecule has 0 saturated heterocycles. The summed E-state index contributed by atoms with van der Waals surface area (Å²) in [4.78, 5) is 9.15. The largest absolute Gasteiger partial charge is 0.278 e. The molecule has 1 aromatic carbocycles. The van der Waals surface area contributed by atoms with Gasteiger partial charge in [0.05, 0.1) is 23.1 Å². The molecule has 0 fully saturated rings. The molecule has 0 spiro atoms. The van der Waals surface area contributed by atoms with Crippen molar-refractivity contribution < 1.29 is 0 Å². The number of fused-ring (bicyclic) bond motifs is 1. The lowest BCUT2D eigenvalue weighted by molar-refractivity contribution is 1.12. The summed E-state index contributed by atoms with van der Waals surface area (Å²) in [6, 6.07) is 16.3. The minimum Gasteiger partial charge on any atom is -0.278 e. The van der Waals surface area contributed by atoms with E-state index in [0.717, 1.165) is 39.1 Å². The fourth-order valence-corrected chi connectivity index (χ4v) is 2.63. The number of aryl methyl sites for hydroxylation is 1. The molecule has 3 aromatic heterocycles. The third-order valence-electron chi connectivity index (χ3n) is 3.69. The second kappa shape index (κ2) is 5.07. The second-order valence-corrected chi connectivity index (χ2v) is 5.24. The summed E-state index contributed by atoms with van der Waals surface area (Å²) in [6.45, 7) is 1.99. The highest BCUT2D eigenvalue weighted by Crippen LogP contribution is 2.30. The molecule has 1 N–H and O–H groups in total. The van der Waals surface area contributed by atoms with Crippen LogP contribution in [0.15, 0.2) is 60.9 Å². The van der Waals surface area contributed by atoms with Crippen LogP contribution in [-0.4, -0.2) is 20.2 Å². The molecule has 0 amide bonds. The molecule has 0 unspecified atom stereocenters. The van der Waals surface area contributed by atoms with Gasteiger partial charge in [0, 0.05) is 22.8 Å². The number of H-pyrrole nitrogens is 1. The summed E-state index contributed by atoms with van der Waals surface area (Å²) in [5.41, 5.74) is 5.99. The highest BCUT2D eigenvalue weighted by atomic mass is 15.1. The lowest BCUT2D eigenvalue weighted by atomic mass is 10.0. The van der Waals surface area contributed by atoms with E-state index in [1.54, 1.807) is 6.20 Å². The molecule has 4 heteroatoms. The number of nitrogens with one attached hydrogen (secondary N) is 1. The summed E-state index contributed by atoms with van der Waals surface area (Å²) < 4.78 is 0. The molecule has 22 heavy (non-hydrogen) atoms. The zero-order valence-electron chi connectivity index (χ0n) is 12.1. The Morgan fingerprint density at radius 1 is 1.00 bits per heavy atom. The Bertz CT molecular complexity index is 956. The summed E-state index contributed by atoms with van der Waals surface area (Å²) in [7, 11) is 0. The van der Waals surface area contributed by atoms with Gasteiger partial charge >= 0.3 is 0 Å². The van der Waals surface area contributed by atoms with Gasteiger partial charge in [0.25, 0.3) is 0 Å². The maximum Gasteiger partial charge on any atom is 0.0964 e. The second-order valence-electron chi connectivity index (χ2n) is 5.24. The molecule has 0 aliphatic heterocycles. The maximum atomic E-state index is 4.60. The predicted octanol–water partition coefficient (Wildman–Crippen LogP) is 4.00. The van der Waals surface area contributed by atoms with Crippen LogP contribution in [0.3, 0.4) is 0 Å². The van der Waals surface area contributed by atoms with Crippen LogP contribution in [0.2, 0.25) is 0 Å². The molecule has 0 atom stereocenters. The number of benzene rings is 1. The number of nitrogens with zero attached hydrogens (tertiary/aromatic N) is 3. The lowest BCUT2D eigenvalue weighted by Gasteiger charge is -2.09. The first kappa shape index (κ1) is 12.7. The molecule has 4 nitrogen and oxygen atoms in total. The highest BCUT2D eigenvalue weighted by molar-refractivity contribution is 5.87. The monoisotopic (exact) mass is 286 g/mol. The normalized spacial score (nSPS) is 11.0. The Morgan fingerprint density at radius 3 is 2.86 bits per heavy atom. The number of aromatic amines is 1. The smallest absolute Gasteiger partial charge is 0.0964 e. The molecule has 4 rings (SSSR count). The van der Waals surface area contributed by atoms with Gasteiger partial charge in [-0.1, -0.05) is 18.2 Å². The first-order chi connectivity index (χ1) is 10.8.